The molecule has 3 aromatic rings. The number of methoxy groups -OCH3 is 1. The lowest BCUT2D eigenvalue weighted by molar-refractivity contribution is 0.311. The van der Waals surface area contributed by atoms with E-state index in [1.165, 1.54) is 0 Å². The van der Waals surface area contributed by atoms with Crippen LogP contribution in [-0.2, 0) is 6.54 Å². The first-order valence-corrected chi connectivity index (χ1v) is 8.06. The Morgan fingerprint density at radius 2 is 2.08 bits per heavy atom. The Bertz CT molecular complexity index is 951. The predicted octanol–water partition coefficient (Wildman–Crippen LogP) is 4.05. The predicted molar refractivity (Wildman–Crippen MR) is 97.5 cm³/mol. The van der Waals surface area contributed by atoms with Crippen molar-refractivity contribution in [3.63, 3.8) is 0 Å². The Hall–Kier alpha value is -3.26. The lowest BCUT2D eigenvalue weighted by Crippen LogP contribution is -1.99. The van der Waals surface area contributed by atoms with Crippen LogP contribution >= 0.6 is 0 Å². The molecular weight excluding hydrogens is 314 g/mol. The Kier molecular flexibility index (Phi) is 5.00. The molecule has 0 aliphatic carbocycles. The van der Waals surface area contributed by atoms with Gasteiger partial charge in [-0.15, -0.1) is 0 Å². The van der Waals surface area contributed by atoms with Gasteiger partial charge in [0.05, 0.1) is 43.7 Å². The number of benzene rings is 2. The average Bonchev–Trinajstić information content (AvgIpc) is 3.05. The summed E-state index contributed by atoms with van der Waals surface area (Å²) in [5.74, 6) is 1.35. The van der Waals surface area contributed by atoms with Gasteiger partial charge in [0.25, 0.3) is 0 Å². The Morgan fingerprint density at radius 3 is 2.84 bits per heavy atom. The zero-order valence-corrected chi connectivity index (χ0v) is 14.3. The first-order valence-electron chi connectivity index (χ1n) is 8.06. The summed E-state index contributed by atoms with van der Waals surface area (Å²) in [7, 11) is 1.61. The number of hydrogen-bond donors (Lipinski definition) is 0. The standard InChI is InChI=1S/C20H19N3O2/c1-3-25-19-9-8-15(11-20(19)24-2)10-16(12-21)13-23-14-22-17-6-4-5-7-18(17)23/h4-11,14H,3,13H2,1-2H3/b16-10-. The van der Waals surface area contributed by atoms with E-state index < -0.39 is 0 Å². The van der Waals surface area contributed by atoms with Crippen LogP contribution in [0.3, 0.4) is 0 Å². The minimum Gasteiger partial charge on any atom is -0.493 e. The van der Waals surface area contributed by atoms with Crippen molar-refractivity contribution in [2.45, 2.75) is 13.5 Å². The van der Waals surface area contributed by atoms with E-state index in [1.54, 1.807) is 13.4 Å². The van der Waals surface area contributed by atoms with E-state index in [-0.39, 0.29) is 0 Å². The first-order chi connectivity index (χ1) is 12.2. The van der Waals surface area contributed by atoms with E-state index in [0.29, 0.717) is 30.2 Å². The van der Waals surface area contributed by atoms with Gasteiger partial charge in [0.15, 0.2) is 11.5 Å². The van der Waals surface area contributed by atoms with Gasteiger partial charge in [-0.2, -0.15) is 5.26 Å². The molecule has 0 aliphatic heterocycles. The molecule has 0 aliphatic rings. The number of nitriles is 1. The molecule has 1 heterocycles. The van der Waals surface area contributed by atoms with E-state index in [0.717, 1.165) is 16.6 Å². The van der Waals surface area contributed by atoms with Crippen molar-refractivity contribution in [3.05, 3.63) is 59.9 Å². The van der Waals surface area contributed by atoms with Gasteiger partial charge in [0.2, 0.25) is 0 Å². The summed E-state index contributed by atoms with van der Waals surface area (Å²) in [4.78, 5) is 4.36. The van der Waals surface area contributed by atoms with Crippen molar-refractivity contribution in [3.8, 4) is 17.6 Å². The third-order valence-corrected chi connectivity index (χ3v) is 3.84. The molecule has 0 fully saturated rings. The number of fused-ring (bicyclic) bond motifs is 1. The van der Waals surface area contributed by atoms with Crippen molar-refractivity contribution in [2.24, 2.45) is 0 Å². The third-order valence-electron chi connectivity index (χ3n) is 3.84. The number of aromatic nitrogens is 2. The SMILES string of the molecule is CCOc1ccc(/C=C(/C#N)Cn2cnc3ccccc32)cc1OC. The lowest BCUT2D eigenvalue weighted by atomic mass is 10.1. The molecule has 0 radical (unpaired) electrons. The molecule has 5 heteroatoms. The first kappa shape index (κ1) is 16.6. The number of imidazole rings is 1. The number of para-hydroxylation sites is 2. The molecule has 2 aromatic carbocycles. The number of hydrogen-bond acceptors (Lipinski definition) is 4. The molecule has 0 saturated carbocycles. The topological polar surface area (TPSA) is 60.1 Å². The molecule has 5 nitrogen and oxygen atoms in total. The Morgan fingerprint density at radius 1 is 1.24 bits per heavy atom. The van der Waals surface area contributed by atoms with Crippen LogP contribution in [0.15, 0.2) is 54.4 Å². The molecule has 1 aromatic heterocycles. The van der Waals surface area contributed by atoms with E-state index in [4.69, 9.17) is 9.47 Å². The van der Waals surface area contributed by atoms with Crippen LogP contribution in [-0.4, -0.2) is 23.3 Å². The van der Waals surface area contributed by atoms with Crippen molar-refractivity contribution in [2.75, 3.05) is 13.7 Å². The normalized spacial score (nSPS) is 11.3. The van der Waals surface area contributed by atoms with Crippen LogP contribution in [0.25, 0.3) is 17.1 Å². The van der Waals surface area contributed by atoms with Gasteiger partial charge in [-0.3, -0.25) is 0 Å². The highest BCUT2D eigenvalue weighted by Crippen LogP contribution is 2.29. The smallest absolute Gasteiger partial charge is 0.161 e. The van der Waals surface area contributed by atoms with Crippen molar-refractivity contribution in [1.82, 2.24) is 9.55 Å². The second-order valence-corrected chi connectivity index (χ2v) is 5.49. The van der Waals surface area contributed by atoms with Gasteiger partial charge in [0, 0.05) is 5.57 Å². The quantitative estimate of drug-likeness (QED) is 0.639. The summed E-state index contributed by atoms with van der Waals surface area (Å²) in [5.41, 5.74) is 3.45. The summed E-state index contributed by atoms with van der Waals surface area (Å²) in [6, 6.07) is 15.8. The second kappa shape index (κ2) is 7.54. The maximum absolute atomic E-state index is 9.52. The van der Waals surface area contributed by atoms with Crippen molar-refractivity contribution < 1.29 is 9.47 Å². The van der Waals surface area contributed by atoms with E-state index in [9.17, 15) is 5.26 Å². The maximum atomic E-state index is 9.52. The van der Waals surface area contributed by atoms with Crippen LogP contribution < -0.4 is 9.47 Å². The molecule has 126 valence electrons. The highest BCUT2D eigenvalue weighted by atomic mass is 16.5. The molecule has 0 N–H and O–H groups in total. The molecule has 0 bridgehead atoms. The van der Waals surface area contributed by atoms with E-state index >= 15 is 0 Å². The summed E-state index contributed by atoms with van der Waals surface area (Å²) < 4.78 is 12.9. The average molecular weight is 333 g/mol. The summed E-state index contributed by atoms with van der Waals surface area (Å²) in [5, 5.41) is 9.52. The molecule has 3 rings (SSSR count). The molecule has 0 amide bonds. The fourth-order valence-corrected chi connectivity index (χ4v) is 2.68. The minimum absolute atomic E-state index is 0.465. The fourth-order valence-electron chi connectivity index (χ4n) is 2.68. The fraction of sp³-hybridized carbons (Fsp3) is 0.200. The molecule has 0 atom stereocenters. The van der Waals surface area contributed by atoms with Crippen LogP contribution in [0.4, 0.5) is 0 Å². The summed E-state index contributed by atoms with van der Waals surface area (Å²) in [6.45, 7) is 2.96. The molecule has 0 saturated heterocycles. The van der Waals surface area contributed by atoms with Crippen molar-refractivity contribution >= 4 is 17.1 Å². The third kappa shape index (κ3) is 3.64. The van der Waals surface area contributed by atoms with Crippen molar-refractivity contribution in [1.29, 1.82) is 5.26 Å². The molecule has 25 heavy (non-hydrogen) atoms. The number of nitrogens with zero attached hydrogens (tertiary/aromatic N) is 3. The van der Waals surface area contributed by atoms with E-state index in [1.807, 2.05) is 60.0 Å². The van der Waals surface area contributed by atoms with Crippen LogP contribution in [0.1, 0.15) is 12.5 Å². The summed E-state index contributed by atoms with van der Waals surface area (Å²) >= 11 is 0. The van der Waals surface area contributed by atoms with Gasteiger partial charge in [-0.25, -0.2) is 4.98 Å². The van der Waals surface area contributed by atoms with Gasteiger partial charge >= 0.3 is 0 Å². The zero-order valence-electron chi connectivity index (χ0n) is 14.3. The second-order valence-electron chi connectivity index (χ2n) is 5.49. The monoisotopic (exact) mass is 333 g/mol. The van der Waals surface area contributed by atoms with Crippen LogP contribution in [0.2, 0.25) is 0 Å². The number of allylic oxidation sites excluding steroid dienone is 1. The zero-order chi connectivity index (χ0) is 17.6. The number of ether oxygens (including phenoxy) is 2. The van der Waals surface area contributed by atoms with Gasteiger partial charge in [-0.05, 0) is 42.8 Å². The van der Waals surface area contributed by atoms with E-state index in [2.05, 4.69) is 11.1 Å². The Balaban J connectivity index is 1.89. The molecule has 0 unspecified atom stereocenters. The molecular formula is C20H19N3O2. The number of rotatable bonds is 6. The minimum atomic E-state index is 0.465. The summed E-state index contributed by atoms with van der Waals surface area (Å²) in [6.07, 6.45) is 3.61. The largest absolute Gasteiger partial charge is 0.493 e. The lowest BCUT2D eigenvalue weighted by Gasteiger charge is -2.10. The van der Waals surface area contributed by atoms with Crippen LogP contribution in [0.5, 0.6) is 11.5 Å². The van der Waals surface area contributed by atoms with Gasteiger partial charge in [-0.1, -0.05) is 18.2 Å². The van der Waals surface area contributed by atoms with Crippen LogP contribution in [0, 0.1) is 11.3 Å². The molecule has 0 spiro atoms. The van der Waals surface area contributed by atoms with Gasteiger partial charge < -0.3 is 14.0 Å². The maximum Gasteiger partial charge on any atom is 0.161 e. The van der Waals surface area contributed by atoms with Gasteiger partial charge in [0.1, 0.15) is 0 Å². The Labute approximate surface area is 146 Å². The highest BCUT2D eigenvalue weighted by molar-refractivity contribution is 5.75. The highest BCUT2D eigenvalue weighted by Gasteiger charge is 2.07.